The van der Waals surface area contributed by atoms with E-state index >= 15 is 0 Å². The summed E-state index contributed by atoms with van der Waals surface area (Å²) in [7, 11) is 1.68. The fourth-order valence-electron chi connectivity index (χ4n) is 6.56. The summed E-state index contributed by atoms with van der Waals surface area (Å²) in [6.07, 6.45) is 5.80. The van der Waals surface area contributed by atoms with E-state index in [-0.39, 0.29) is 5.91 Å². The molecule has 7 rings (SSSR count). The maximum Gasteiger partial charge on any atom is 0.251 e. The van der Waals surface area contributed by atoms with Crippen LogP contribution in [0, 0.1) is 5.92 Å². The van der Waals surface area contributed by atoms with Crippen LogP contribution in [0.5, 0.6) is 5.75 Å². The van der Waals surface area contributed by atoms with Crippen molar-refractivity contribution in [3.8, 4) is 5.75 Å². The summed E-state index contributed by atoms with van der Waals surface area (Å²) in [5.74, 6) is 1.87. The van der Waals surface area contributed by atoms with Crippen molar-refractivity contribution in [2.75, 3.05) is 26.9 Å². The molecule has 1 fully saturated rings. The number of fused-ring (bicyclic) bond motifs is 2. The average Bonchev–Trinajstić information content (AvgIpc) is 3.86. The summed E-state index contributed by atoms with van der Waals surface area (Å²) in [4.78, 5) is 18.4. The van der Waals surface area contributed by atoms with E-state index in [0.29, 0.717) is 36.8 Å². The van der Waals surface area contributed by atoms with Gasteiger partial charge in [0.15, 0.2) is 5.82 Å². The number of amides is 1. The highest BCUT2D eigenvalue weighted by molar-refractivity contribution is 7.18. The quantitative estimate of drug-likeness (QED) is 0.145. The Morgan fingerprint density at radius 2 is 1.90 bits per heavy atom. The lowest BCUT2D eigenvalue weighted by Gasteiger charge is -2.22. The minimum atomic E-state index is -0.0435. The van der Waals surface area contributed by atoms with Crippen molar-refractivity contribution in [2.24, 2.45) is 5.92 Å². The van der Waals surface area contributed by atoms with Crippen LogP contribution in [0.15, 0.2) is 60.7 Å². The number of aromatic amines is 1. The third kappa shape index (κ3) is 7.38. The number of rotatable bonds is 13. The number of methoxy groups -OCH3 is 1. The van der Waals surface area contributed by atoms with Crippen molar-refractivity contribution in [3.05, 3.63) is 98.9 Å². The van der Waals surface area contributed by atoms with E-state index in [1.807, 2.05) is 30.3 Å². The van der Waals surface area contributed by atoms with Crippen LogP contribution in [0.2, 0.25) is 5.02 Å². The van der Waals surface area contributed by atoms with Crippen LogP contribution in [0.3, 0.4) is 0 Å². The highest BCUT2D eigenvalue weighted by Gasteiger charge is 2.21. The molecule has 12 heteroatoms. The molecule has 1 saturated heterocycles. The molecule has 48 heavy (non-hydrogen) atoms. The molecule has 248 valence electrons. The molecule has 0 saturated carbocycles. The number of nitrogens with one attached hydrogen (secondary N) is 2. The van der Waals surface area contributed by atoms with Crippen LogP contribution in [0.25, 0.3) is 21.1 Å². The van der Waals surface area contributed by atoms with Crippen molar-refractivity contribution < 1.29 is 14.3 Å². The minimum absolute atomic E-state index is 0.0435. The Morgan fingerprint density at radius 1 is 1.04 bits per heavy atom. The Balaban J connectivity index is 1.24. The summed E-state index contributed by atoms with van der Waals surface area (Å²) in [6, 6.07) is 20.2. The average molecular weight is 684 g/mol. The van der Waals surface area contributed by atoms with E-state index in [1.54, 1.807) is 18.4 Å². The van der Waals surface area contributed by atoms with Crippen LogP contribution in [0.1, 0.15) is 50.9 Å². The smallest absolute Gasteiger partial charge is 0.251 e. The summed E-state index contributed by atoms with van der Waals surface area (Å²) in [5.41, 5.74) is 6.41. The van der Waals surface area contributed by atoms with E-state index in [4.69, 9.17) is 26.1 Å². The molecule has 4 heterocycles. The molecule has 1 aliphatic heterocycles. The van der Waals surface area contributed by atoms with E-state index in [1.165, 1.54) is 16.8 Å². The molecule has 0 bridgehead atoms. The van der Waals surface area contributed by atoms with Crippen molar-refractivity contribution >= 4 is 50.0 Å². The molecule has 10 nitrogen and oxygen atoms in total. The lowest BCUT2D eigenvalue weighted by Crippen LogP contribution is -2.32. The molecule has 3 aromatic heterocycles. The van der Waals surface area contributed by atoms with Gasteiger partial charge in [-0.05, 0) is 91.6 Å². The first-order valence-electron chi connectivity index (χ1n) is 16.4. The number of benzene rings is 3. The molecular weight excluding hydrogens is 646 g/mol. The van der Waals surface area contributed by atoms with Gasteiger partial charge in [0.2, 0.25) is 0 Å². The predicted octanol–water partition coefficient (Wildman–Crippen LogP) is 6.40. The van der Waals surface area contributed by atoms with E-state index in [9.17, 15) is 4.79 Å². The van der Waals surface area contributed by atoms with Gasteiger partial charge in [-0.25, -0.2) is 4.98 Å². The maximum absolute atomic E-state index is 13.5. The molecule has 3 aromatic carbocycles. The van der Waals surface area contributed by atoms with Crippen molar-refractivity contribution in [2.45, 2.75) is 51.5 Å². The van der Waals surface area contributed by atoms with Gasteiger partial charge in [-0.2, -0.15) is 5.21 Å². The second kappa shape index (κ2) is 14.8. The number of tetrazole rings is 1. The van der Waals surface area contributed by atoms with E-state index in [0.717, 1.165) is 88.6 Å². The van der Waals surface area contributed by atoms with Gasteiger partial charge in [-0.1, -0.05) is 28.9 Å². The zero-order valence-corrected chi connectivity index (χ0v) is 28.4. The van der Waals surface area contributed by atoms with Gasteiger partial charge in [0.25, 0.3) is 5.91 Å². The number of hydrogen-bond donors (Lipinski definition) is 2. The largest absolute Gasteiger partial charge is 0.497 e. The zero-order valence-electron chi connectivity index (χ0n) is 26.9. The standard InChI is InChI=1S/C36H38ClN7O3S/c1-46-27-8-12-33-30(21-27)39-35(48-33)13-11-31-28(9-4-23-2-6-26(37)7-3-23)29-20-25(36(45)38-22-24-15-18-47-19-16-24)5-10-32(29)44(31)17-14-34-40-42-43-41-34/h2-3,5-8,10,12,20-21,24H,4,9,11,13-19,22H2,1H3,(H,38,45)(H,40,41,42,43). The number of halogens is 1. The van der Waals surface area contributed by atoms with Crippen molar-refractivity contribution in [3.63, 3.8) is 0 Å². The van der Waals surface area contributed by atoms with Crippen LogP contribution < -0.4 is 10.1 Å². The molecule has 1 aliphatic rings. The van der Waals surface area contributed by atoms with Crippen molar-refractivity contribution in [1.29, 1.82) is 0 Å². The first-order chi connectivity index (χ1) is 23.5. The van der Waals surface area contributed by atoms with Gasteiger partial charge in [-0.15, -0.1) is 21.5 Å². The maximum atomic E-state index is 13.5. The molecule has 0 atom stereocenters. The SMILES string of the molecule is COc1ccc2sc(CCc3c(CCc4ccc(Cl)cc4)c4cc(C(=O)NCC5CCOCC5)ccc4n3CCc3nn[nH]n3)nc2c1. The molecule has 0 radical (unpaired) electrons. The van der Waals surface area contributed by atoms with Gasteiger partial charge in [0, 0.05) is 72.4 Å². The molecular formula is C36H38ClN7O3S. The number of hydrogen-bond acceptors (Lipinski definition) is 8. The first kappa shape index (κ1) is 32.2. The highest BCUT2D eigenvalue weighted by atomic mass is 35.5. The molecule has 1 amide bonds. The van der Waals surface area contributed by atoms with Gasteiger partial charge < -0.3 is 19.4 Å². The summed E-state index contributed by atoms with van der Waals surface area (Å²) >= 11 is 7.92. The lowest BCUT2D eigenvalue weighted by atomic mass is 9.98. The summed E-state index contributed by atoms with van der Waals surface area (Å²) < 4.78 is 14.4. The lowest BCUT2D eigenvalue weighted by molar-refractivity contribution is 0.0643. The predicted molar refractivity (Wildman–Crippen MR) is 188 cm³/mol. The fraction of sp³-hybridized carbons (Fsp3) is 0.361. The molecule has 0 unspecified atom stereocenters. The Labute approximate surface area is 287 Å². The fourth-order valence-corrected chi connectivity index (χ4v) is 7.64. The molecule has 6 aromatic rings. The Kier molecular flexibility index (Phi) is 9.97. The number of thiazole rings is 1. The van der Waals surface area contributed by atoms with Gasteiger partial charge in [-0.3, -0.25) is 4.79 Å². The Hall–Kier alpha value is -4.32. The van der Waals surface area contributed by atoms with Gasteiger partial charge in [0.1, 0.15) is 5.75 Å². The van der Waals surface area contributed by atoms with Crippen molar-refractivity contribution in [1.82, 2.24) is 35.5 Å². The topological polar surface area (TPSA) is 120 Å². The molecule has 0 aliphatic carbocycles. The van der Waals surface area contributed by atoms with Gasteiger partial charge in [0.05, 0.1) is 22.3 Å². The zero-order chi connectivity index (χ0) is 32.9. The number of carbonyl (C=O) groups is 1. The third-order valence-corrected chi connectivity index (χ3v) is 10.5. The number of H-pyrrole nitrogens is 1. The third-order valence-electron chi connectivity index (χ3n) is 9.18. The number of carbonyl (C=O) groups excluding carboxylic acids is 1. The van der Waals surface area contributed by atoms with Gasteiger partial charge >= 0.3 is 0 Å². The highest BCUT2D eigenvalue weighted by Crippen LogP contribution is 2.32. The Bertz CT molecular complexity index is 2000. The second-order valence-corrected chi connectivity index (χ2v) is 13.8. The molecule has 0 spiro atoms. The van der Waals surface area contributed by atoms with Crippen LogP contribution in [0.4, 0.5) is 0 Å². The van der Waals surface area contributed by atoms with Crippen LogP contribution in [-0.4, -0.2) is 63.0 Å². The number of aromatic nitrogens is 6. The summed E-state index contributed by atoms with van der Waals surface area (Å²) in [5, 5.41) is 20.8. The number of nitrogens with zero attached hydrogens (tertiary/aromatic N) is 5. The van der Waals surface area contributed by atoms with E-state index in [2.05, 4.69) is 60.8 Å². The second-order valence-electron chi connectivity index (χ2n) is 12.2. The minimum Gasteiger partial charge on any atom is -0.497 e. The van der Waals surface area contributed by atoms with Crippen LogP contribution >= 0.6 is 22.9 Å². The number of ether oxygens (including phenoxy) is 2. The van der Waals surface area contributed by atoms with E-state index < -0.39 is 0 Å². The monoisotopic (exact) mass is 683 g/mol. The number of aryl methyl sites for hydroxylation is 5. The first-order valence-corrected chi connectivity index (χ1v) is 17.6. The normalized spacial score (nSPS) is 13.8. The molecule has 2 N–H and O–H groups in total. The van der Waals surface area contributed by atoms with Crippen LogP contribution in [-0.2, 0) is 43.4 Å². The summed E-state index contributed by atoms with van der Waals surface area (Å²) in [6.45, 7) is 2.86. The Morgan fingerprint density at radius 3 is 2.69 bits per heavy atom.